The van der Waals surface area contributed by atoms with Crippen molar-refractivity contribution in [1.82, 2.24) is 10.2 Å². The third-order valence-electron chi connectivity index (χ3n) is 5.93. The van der Waals surface area contributed by atoms with E-state index in [1.54, 1.807) is 50.2 Å². The second-order valence-electron chi connectivity index (χ2n) is 9.08. The van der Waals surface area contributed by atoms with E-state index in [2.05, 4.69) is 10.6 Å². The number of nitrogens with one attached hydrogen (secondary N) is 2. The second-order valence-corrected chi connectivity index (χ2v) is 9.48. The van der Waals surface area contributed by atoms with Crippen molar-refractivity contribution < 1.29 is 19.1 Å². The van der Waals surface area contributed by atoms with Crippen LogP contribution in [-0.4, -0.2) is 35.4 Å². The third-order valence-corrected chi connectivity index (χ3v) is 6.24. The molecule has 0 radical (unpaired) electrons. The molecule has 2 fully saturated rings. The Morgan fingerprint density at radius 1 is 1.18 bits per heavy atom. The number of nitrogens with zero attached hydrogens (tertiary/aromatic N) is 1. The van der Waals surface area contributed by atoms with E-state index in [0.717, 1.165) is 16.2 Å². The van der Waals surface area contributed by atoms with Crippen molar-refractivity contribution in [2.75, 3.05) is 11.9 Å². The van der Waals surface area contributed by atoms with Crippen molar-refractivity contribution in [1.29, 1.82) is 0 Å². The van der Waals surface area contributed by atoms with Crippen LogP contribution in [0.25, 0.3) is 0 Å². The molecule has 2 aromatic rings. The molecular weight excluding hydrogens is 442 g/mol. The molecular formula is C25H28ClN3O4. The van der Waals surface area contributed by atoms with Gasteiger partial charge in [0.2, 0.25) is 5.91 Å². The van der Waals surface area contributed by atoms with Gasteiger partial charge in [-0.05, 0) is 67.0 Å². The third kappa shape index (κ3) is 5.14. The fourth-order valence-corrected chi connectivity index (χ4v) is 4.17. The summed E-state index contributed by atoms with van der Waals surface area (Å²) in [5.41, 5.74) is 2.03. The SMILES string of the molecule is Cc1ccc(NC(=O)C(C(C)C)N2C(=O)NC(c3ccc(OCC4CC4)cc3)C2=O)c(Cl)c1. The number of hydrogen-bond donors (Lipinski definition) is 2. The lowest BCUT2D eigenvalue weighted by Crippen LogP contribution is -2.50. The van der Waals surface area contributed by atoms with Crippen LogP contribution in [0.4, 0.5) is 10.5 Å². The summed E-state index contributed by atoms with van der Waals surface area (Å²) in [6.07, 6.45) is 2.41. The van der Waals surface area contributed by atoms with E-state index in [0.29, 0.717) is 28.8 Å². The number of hydrogen-bond acceptors (Lipinski definition) is 4. The summed E-state index contributed by atoms with van der Waals surface area (Å²) in [6, 6.07) is 9.97. The lowest BCUT2D eigenvalue weighted by molar-refractivity contribution is -0.135. The maximum absolute atomic E-state index is 13.2. The molecule has 8 heteroatoms. The van der Waals surface area contributed by atoms with Crippen LogP contribution in [0.15, 0.2) is 42.5 Å². The zero-order valence-electron chi connectivity index (χ0n) is 18.9. The number of amides is 4. The summed E-state index contributed by atoms with van der Waals surface area (Å²) in [7, 11) is 0. The van der Waals surface area contributed by atoms with Crippen LogP contribution in [0.3, 0.4) is 0 Å². The number of carbonyl (C=O) groups is 3. The number of aryl methyl sites for hydroxylation is 1. The molecule has 1 saturated carbocycles. The normalized spacial score (nSPS) is 18.9. The largest absolute Gasteiger partial charge is 0.493 e. The zero-order chi connectivity index (χ0) is 23.7. The van der Waals surface area contributed by atoms with Crippen molar-refractivity contribution >= 4 is 35.1 Å². The van der Waals surface area contributed by atoms with E-state index in [1.165, 1.54) is 12.8 Å². The van der Waals surface area contributed by atoms with Gasteiger partial charge in [0, 0.05) is 0 Å². The van der Waals surface area contributed by atoms with Gasteiger partial charge in [-0.1, -0.05) is 43.6 Å². The Morgan fingerprint density at radius 3 is 2.48 bits per heavy atom. The minimum Gasteiger partial charge on any atom is -0.493 e. The number of carbonyl (C=O) groups excluding carboxylic acids is 3. The number of benzene rings is 2. The van der Waals surface area contributed by atoms with Gasteiger partial charge in [-0.25, -0.2) is 9.69 Å². The van der Waals surface area contributed by atoms with Crippen molar-refractivity contribution in [3.8, 4) is 5.75 Å². The Labute approximate surface area is 198 Å². The summed E-state index contributed by atoms with van der Waals surface area (Å²) in [6.45, 7) is 6.18. The lowest BCUT2D eigenvalue weighted by atomic mass is 10.00. The molecule has 174 valence electrons. The highest BCUT2D eigenvalue weighted by Crippen LogP contribution is 2.31. The Bertz CT molecular complexity index is 1070. The number of anilines is 1. The Kier molecular flexibility index (Phi) is 6.61. The van der Waals surface area contributed by atoms with Crippen molar-refractivity contribution in [3.63, 3.8) is 0 Å². The van der Waals surface area contributed by atoms with Crippen LogP contribution in [0.5, 0.6) is 5.75 Å². The summed E-state index contributed by atoms with van der Waals surface area (Å²) < 4.78 is 5.74. The van der Waals surface area contributed by atoms with Gasteiger partial charge in [0.25, 0.3) is 5.91 Å². The Morgan fingerprint density at radius 2 is 1.88 bits per heavy atom. The molecule has 2 N–H and O–H groups in total. The van der Waals surface area contributed by atoms with Crippen molar-refractivity contribution in [3.05, 3.63) is 58.6 Å². The van der Waals surface area contributed by atoms with Crippen LogP contribution < -0.4 is 15.4 Å². The molecule has 1 heterocycles. The number of rotatable bonds is 8. The molecule has 2 aliphatic rings. The van der Waals surface area contributed by atoms with Gasteiger partial charge < -0.3 is 15.4 Å². The predicted molar refractivity (Wildman–Crippen MR) is 126 cm³/mol. The van der Waals surface area contributed by atoms with Gasteiger partial charge in [0.15, 0.2) is 0 Å². The maximum Gasteiger partial charge on any atom is 0.325 e. The number of ether oxygens (including phenoxy) is 1. The molecule has 4 rings (SSSR count). The quantitative estimate of drug-likeness (QED) is 0.549. The van der Waals surface area contributed by atoms with Gasteiger partial charge in [-0.2, -0.15) is 0 Å². The van der Waals surface area contributed by atoms with Gasteiger partial charge in [-0.3, -0.25) is 9.59 Å². The molecule has 0 bridgehead atoms. The van der Waals surface area contributed by atoms with Crippen molar-refractivity contribution in [2.24, 2.45) is 11.8 Å². The summed E-state index contributed by atoms with van der Waals surface area (Å²) in [4.78, 5) is 40.2. The van der Waals surface area contributed by atoms with E-state index in [1.807, 2.05) is 13.0 Å². The van der Waals surface area contributed by atoms with Crippen molar-refractivity contribution in [2.45, 2.75) is 45.7 Å². The summed E-state index contributed by atoms with van der Waals surface area (Å²) in [5.74, 6) is 0.136. The highest BCUT2D eigenvalue weighted by Gasteiger charge is 2.46. The van der Waals surface area contributed by atoms with Gasteiger partial charge in [0.05, 0.1) is 17.3 Å². The predicted octanol–water partition coefficient (Wildman–Crippen LogP) is 4.69. The number of halogens is 1. The molecule has 1 saturated heterocycles. The molecule has 7 nitrogen and oxygen atoms in total. The first kappa shape index (κ1) is 23.1. The molecule has 1 aliphatic carbocycles. The first-order valence-electron chi connectivity index (χ1n) is 11.2. The highest BCUT2D eigenvalue weighted by atomic mass is 35.5. The van der Waals surface area contributed by atoms with Crippen LogP contribution in [-0.2, 0) is 9.59 Å². The zero-order valence-corrected chi connectivity index (χ0v) is 19.7. The van der Waals surface area contributed by atoms with Gasteiger partial charge in [-0.15, -0.1) is 0 Å². The minimum atomic E-state index is -0.985. The van der Waals surface area contributed by atoms with E-state index < -0.39 is 29.9 Å². The maximum atomic E-state index is 13.2. The van der Waals surface area contributed by atoms with Crippen LogP contribution in [0, 0.1) is 18.8 Å². The monoisotopic (exact) mass is 469 g/mol. The summed E-state index contributed by atoms with van der Waals surface area (Å²) in [5, 5.41) is 5.87. The Balaban J connectivity index is 1.49. The molecule has 2 atom stereocenters. The molecule has 2 unspecified atom stereocenters. The van der Waals surface area contributed by atoms with E-state index in [-0.39, 0.29) is 5.92 Å². The van der Waals surface area contributed by atoms with E-state index in [4.69, 9.17) is 16.3 Å². The second kappa shape index (κ2) is 9.43. The van der Waals surface area contributed by atoms with Gasteiger partial charge >= 0.3 is 6.03 Å². The fourth-order valence-electron chi connectivity index (χ4n) is 3.88. The smallest absolute Gasteiger partial charge is 0.325 e. The average Bonchev–Trinajstić information content (AvgIpc) is 3.55. The topological polar surface area (TPSA) is 87.7 Å². The van der Waals surface area contributed by atoms with E-state index >= 15 is 0 Å². The standard InChI is InChI=1S/C25H28ClN3O4/c1-14(2)22(23(30)27-20-11-4-15(3)12-19(20)26)29-24(31)21(28-25(29)32)17-7-9-18(10-8-17)33-13-16-5-6-16/h4,7-12,14,16,21-22H,5-6,13H2,1-3H3,(H,27,30)(H,28,32). The molecule has 1 aliphatic heterocycles. The average molecular weight is 470 g/mol. The number of urea groups is 1. The van der Waals surface area contributed by atoms with Crippen LogP contribution >= 0.6 is 11.6 Å². The van der Waals surface area contributed by atoms with E-state index in [9.17, 15) is 14.4 Å². The summed E-state index contributed by atoms with van der Waals surface area (Å²) >= 11 is 6.25. The number of imide groups is 1. The lowest BCUT2D eigenvalue weighted by Gasteiger charge is -2.27. The Hall–Kier alpha value is -3.06. The molecule has 0 aromatic heterocycles. The molecule has 4 amide bonds. The first-order valence-corrected chi connectivity index (χ1v) is 11.6. The minimum absolute atomic E-state index is 0.305. The fraction of sp³-hybridized carbons (Fsp3) is 0.400. The van der Waals surface area contributed by atoms with Gasteiger partial charge in [0.1, 0.15) is 17.8 Å². The highest BCUT2D eigenvalue weighted by molar-refractivity contribution is 6.33. The molecule has 2 aromatic carbocycles. The molecule has 33 heavy (non-hydrogen) atoms. The molecule has 0 spiro atoms. The van der Waals surface area contributed by atoms with Crippen LogP contribution in [0.2, 0.25) is 5.02 Å². The first-order chi connectivity index (χ1) is 15.7. The van der Waals surface area contributed by atoms with Crippen LogP contribution in [0.1, 0.15) is 43.9 Å².